The molecule has 0 aromatic carbocycles. The Kier molecular flexibility index (Phi) is 4.36. The number of alkyl halides is 3. The van der Waals surface area contributed by atoms with Crippen LogP contribution in [0.15, 0.2) is 12.3 Å². The number of aromatic nitrogens is 2. The van der Waals surface area contributed by atoms with E-state index in [0.717, 1.165) is 5.69 Å². The number of aryl methyl sites for hydroxylation is 1. The van der Waals surface area contributed by atoms with E-state index in [1.54, 1.807) is 24.0 Å². The average Bonchev–Trinajstić information content (AvgIpc) is 2.60. The largest absolute Gasteiger partial charge is 0.440 e. The Bertz CT molecular complexity index is 376. The summed E-state index contributed by atoms with van der Waals surface area (Å²) in [5, 5.41) is 6.24. The van der Waals surface area contributed by atoms with Crippen molar-refractivity contribution in [3.05, 3.63) is 18.0 Å². The highest BCUT2D eigenvalue weighted by molar-refractivity contribution is 5.67. The predicted octanol–water partition coefficient (Wildman–Crippen LogP) is 1.25. The summed E-state index contributed by atoms with van der Waals surface area (Å²) in [6, 6.07) is 1.75. The Morgan fingerprint density at radius 2 is 2.29 bits per heavy atom. The summed E-state index contributed by atoms with van der Waals surface area (Å²) in [7, 11) is 1.74. The van der Waals surface area contributed by atoms with Crippen molar-refractivity contribution in [1.29, 1.82) is 0 Å². The number of rotatable bonds is 4. The van der Waals surface area contributed by atoms with Crippen LogP contribution in [0.4, 0.5) is 18.0 Å². The maximum Gasteiger partial charge on any atom is 0.422 e. The van der Waals surface area contributed by atoms with Gasteiger partial charge in [0.05, 0.1) is 5.69 Å². The minimum absolute atomic E-state index is 0.174. The van der Waals surface area contributed by atoms with Crippen LogP contribution in [0.5, 0.6) is 0 Å². The Labute approximate surface area is 95.5 Å². The van der Waals surface area contributed by atoms with Gasteiger partial charge in [-0.25, -0.2) is 4.79 Å². The molecule has 0 unspecified atom stereocenters. The van der Waals surface area contributed by atoms with Gasteiger partial charge in [-0.3, -0.25) is 4.68 Å². The topological polar surface area (TPSA) is 56.2 Å². The van der Waals surface area contributed by atoms with Crippen molar-refractivity contribution in [3.63, 3.8) is 0 Å². The predicted molar refractivity (Wildman–Crippen MR) is 52.3 cm³/mol. The molecule has 1 N–H and O–H groups in total. The van der Waals surface area contributed by atoms with E-state index in [9.17, 15) is 18.0 Å². The molecule has 8 heteroatoms. The number of nitrogens with one attached hydrogen (secondary N) is 1. The number of ether oxygens (including phenoxy) is 1. The second-order valence-corrected chi connectivity index (χ2v) is 3.35. The molecular weight excluding hydrogens is 239 g/mol. The van der Waals surface area contributed by atoms with Crippen LogP contribution in [-0.2, 0) is 18.2 Å². The van der Waals surface area contributed by atoms with Crippen LogP contribution in [-0.4, -0.2) is 35.2 Å². The van der Waals surface area contributed by atoms with Crippen LogP contribution in [0.25, 0.3) is 0 Å². The zero-order valence-electron chi connectivity index (χ0n) is 9.12. The molecule has 5 nitrogen and oxygen atoms in total. The summed E-state index contributed by atoms with van der Waals surface area (Å²) >= 11 is 0. The number of hydrogen-bond acceptors (Lipinski definition) is 3. The number of carbonyl (C=O) groups is 1. The summed E-state index contributed by atoms with van der Waals surface area (Å²) in [5.74, 6) is 0. The molecule has 0 spiro atoms. The molecule has 0 bridgehead atoms. The van der Waals surface area contributed by atoms with Crippen LogP contribution in [0.1, 0.15) is 5.69 Å². The van der Waals surface area contributed by atoms with E-state index in [0.29, 0.717) is 6.42 Å². The number of amides is 1. The molecular formula is C9H12F3N3O2. The Morgan fingerprint density at radius 3 is 2.82 bits per heavy atom. The summed E-state index contributed by atoms with van der Waals surface area (Å²) in [6.07, 6.45) is -3.42. The third-order valence-electron chi connectivity index (χ3n) is 1.79. The van der Waals surface area contributed by atoms with Gasteiger partial charge in [-0.2, -0.15) is 18.3 Å². The third-order valence-corrected chi connectivity index (χ3v) is 1.79. The lowest BCUT2D eigenvalue weighted by Crippen LogP contribution is -2.30. The Hall–Kier alpha value is -1.73. The van der Waals surface area contributed by atoms with Gasteiger partial charge in [0.25, 0.3) is 0 Å². The Balaban J connectivity index is 2.16. The van der Waals surface area contributed by atoms with Gasteiger partial charge in [0.15, 0.2) is 6.61 Å². The first-order valence-corrected chi connectivity index (χ1v) is 4.83. The second kappa shape index (κ2) is 5.55. The van der Waals surface area contributed by atoms with Crippen molar-refractivity contribution in [2.24, 2.45) is 7.05 Å². The highest BCUT2D eigenvalue weighted by Gasteiger charge is 2.29. The zero-order chi connectivity index (χ0) is 12.9. The summed E-state index contributed by atoms with van der Waals surface area (Å²) in [6.45, 7) is -1.41. The van der Waals surface area contributed by atoms with Crippen molar-refractivity contribution in [2.75, 3.05) is 13.2 Å². The zero-order valence-corrected chi connectivity index (χ0v) is 9.12. The molecule has 0 fully saturated rings. The number of nitrogens with zero attached hydrogens (tertiary/aromatic N) is 2. The third kappa shape index (κ3) is 5.79. The van der Waals surface area contributed by atoms with Crippen LogP contribution in [0.3, 0.4) is 0 Å². The van der Waals surface area contributed by atoms with Crippen LogP contribution < -0.4 is 5.32 Å². The van der Waals surface area contributed by atoms with E-state index < -0.39 is 18.9 Å². The molecule has 17 heavy (non-hydrogen) atoms. The van der Waals surface area contributed by atoms with E-state index in [1.165, 1.54) is 0 Å². The molecule has 0 atom stereocenters. The van der Waals surface area contributed by atoms with Gasteiger partial charge in [0, 0.05) is 26.2 Å². The number of carbonyl (C=O) groups excluding carboxylic acids is 1. The highest BCUT2D eigenvalue weighted by Crippen LogP contribution is 2.14. The maximum absolute atomic E-state index is 11.7. The van der Waals surface area contributed by atoms with E-state index >= 15 is 0 Å². The summed E-state index contributed by atoms with van der Waals surface area (Å²) in [5.41, 5.74) is 0.739. The molecule has 0 saturated carbocycles. The molecule has 96 valence electrons. The summed E-state index contributed by atoms with van der Waals surface area (Å²) in [4.78, 5) is 10.8. The van der Waals surface area contributed by atoms with E-state index in [-0.39, 0.29) is 6.54 Å². The first-order chi connectivity index (χ1) is 7.87. The molecule has 0 aliphatic carbocycles. The number of hydrogen-bond donors (Lipinski definition) is 1. The number of alkyl carbamates (subject to hydrolysis) is 1. The lowest BCUT2D eigenvalue weighted by atomic mass is 10.3. The minimum Gasteiger partial charge on any atom is -0.440 e. The fraction of sp³-hybridized carbons (Fsp3) is 0.556. The Morgan fingerprint density at radius 1 is 1.59 bits per heavy atom. The fourth-order valence-electron chi connectivity index (χ4n) is 1.09. The van der Waals surface area contributed by atoms with Gasteiger partial charge in [-0.15, -0.1) is 0 Å². The molecule has 1 aromatic heterocycles. The smallest absolute Gasteiger partial charge is 0.422 e. The normalized spacial score (nSPS) is 11.3. The van der Waals surface area contributed by atoms with Gasteiger partial charge in [-0.05, 0) is 6.07 Å². The molecule has 0 aliphatic rings. The maximum atomic E-state index is 11.7. The molecule has 1 aromatic rings. The molecule has 0 aliphatic heterocycles. The van der Waals surface area contributed by atoms with E-state index in [2.05, 4.69) is 15.2 Å². The van der Waals surface area contributed by atoms with Gasteiger partial charge >= 0.3 is 12.3 Å². The van der Waals surface area contributed by atoms with Crippen molar-refractivity contribution in [3.8, 4) is 0 Å². The number of halogens is 3. The van der Waals surface area contributed by atoms with Crippen LogP contribution >= 0.6 is 0 Å². The molecule has 1 rings (SSSR count). The molecule has 0 radical (unpaired) electrons. The minimum atomic E-state index is -4.50. The van der Waals surface area contributed by atoms with Gasteiger partial charge in [-0.1, -0.05) is 0 Å². The standard InChI is InChI=1S/C9H12F3N3O2/c1-15-5-3-7(14-15)2-4-13-8(16)17-6-9(10,11)12/h3,5H,2,4,6H2,1H3,(H,13,16). The highest BCUT2D eigenvalue weighted by atomic mass is 19.4. The fourth-order valence-corrected chi connectivity index (χ4v) is 1.09. The van der Waals surface area contributed by atoms with E-state index in [4.69, 9.17) is 0 Å². The quantitative estimate of drug-likeness (QED) is 0.876. The second-order valence-electron chi connectivity index (χ2n) is 3.35. The first-order valence-electron chi connectivity index (χ1n) is 4.83. The monoisotopic (exact) mass is 251 g/mol. The average molecular weight is 251 g/mol. The molecule has 1 heterocycles. The first kappa shape index (κ1) is 13.3. The lowest BCUT2D eigenvalue weighted by molar-refractivity contribution is -0.160. The van der Waals surface area contributed by atoms with Gasteiger partial charge in [0.2, 0.25) is 0 Å². The van der Waals surface area contributed by atoms with Crippen LogP contribution in [0, 0.1) is 0 Å². The van der Waals surface area contributed by atoms with Crippen molar-refractivity contribution >= 4 is 6.09 Å². The van der Waals surface area contributed by atoms with Crippen molar-refractivity contribution in [1.82, 2.24) is 15.1 Å². The van der Waals surface area contributed by atoms with Crippen LogP contribution in [0.2, 0.25) is 0 Å². The van der Waals surface area contributed by atoms with Crippen molar-refractivity contribution < 1.29 is 22.7 Å². The van der Waals surface area contributed by atoms with Gasteiger partial charge < -0.3 is 10.1 Å². The molecule has 0 saturated heterocycles. The summed E-state index contributed by atoms with van der Waals surface area (Å²) < 4.78 is 40.6. The lowest BCUT2D eigenvalue weighted by Gasteiger charge is -2.08. The van der Waals surface area contributed by atoms with Crippen molar-refractivity contribution in [2.45, 2.75) is 12.6 Å². The van der Waals surface area contributed by atoms with Gasteiger partial charge in [0.1, 0.15) is 0 Å². The molecule has 1 amide bonds. The van der Waals surface area contributed by atoms with E-state index in [1.807, 2.05) is 0 Å². The SMILES string of the molecule is Cn1ccc(CCNC(=O)OCC(F)(F)F)n1.